The van der Waals surface area contributed by atoms with Crippen molar-refractivity contribution in [2.24, 2.45) is 0 Å². The average molecular weight is 273 g/mol. The van der Waals surface area contributed by atoms with E-state index in [-0.39, 0.29) is 0 Å². The van der Waals surface area contributed by atoms with Gasteiger partial charge in [-0.3, -0.25) is 4.79 Å². The number of benzene rings is 1. The van der Waals surface area contributed by atoms with Crippen LogP contribution in [0.2, 0.25) is 0 Å². The van der Waals surface area contributed by atoms with Crippen molar-refractivity contribution in [1.82, 2.24) is 4.90 Å². The molecule has 1 unspecified atom stereocenters. The van der Waals surface area contributed by atoms with Crippen molar-refractivity contribution in [2.75, 3.05) is 13.1 Å². The van der Waals surface area contributed by atoms with Crippen molar-refractivity contribution in [3.8, 4) is 0 Å². The van der Waals surface area contributed by atoms with Gasteiger partial charge in [-0.2, -0.15) is 0 Å². The number of rotatable bonds is 6. The third-order valence-electron chi connectivity index (χ3n) is 4.51. The second-order valence-electron chi connectivity index (χ2n) is 5.94. The molecule has 0 spiro atoms. The molecule has 2 nitrogen and oxygen atoms in total. The fourth-order valence-electron chi connectivity index (χ4n) is 3.28. The molecule has 1 aromatic carbocycles. The average Bonchev–Trinajstić information content (AvgIpc) is 2.48. The summed E-state index contributed by atoms with van der Waals surface area (Å²) in [6.07, 6.45) is 6.94. The molecule has 1 fully saturated rings. The third-order valence-corrected chi connectivity index (χ3v) is 4.51. The van der Waals surface area contributed by atoms with Gasteiger partial charge in [0.1, 0.15) is 0 Å². The highest BCUT2D eigenvalue weighted by Crippen LogP contribution is 2.20. The molecule has 1 heterocycles. The van der Waals surface area contributed by atoms with E-state index < -0.39 is 0 Å². The molecule has 1 aliphatic heterocycles. The van der Waals surface area contributed by atoms with Crippen LogP contribution in [-0.4, -0.2) is 29.8 Å². The first-order valence-electron chi connectivity index (χ1n) is 8.05. The van der Waals surface area contributed by atoms with Crippen molar-refractivity contribution in [3.63, 3.8) is 0 Å². The van der Waals surface area contributed by atoms with Crippen molar-refractivity contribution >= 4 is 5.78 Å². The number of hydrogen-bond donors (Lipinski definition) is 0. The highest BCUT2D eigenvalue weighted by molar-refractivity contribution is 5.97. The normalized spacial score (nSPS) is 20.0. The predicted molar refractivity (Wildman–Crippen MR) is 84.2 cm³/mol. The van der Waals surface area contributed by atoms with Crippen LogP contribution < -0.4 is 0 Å². The minimum atomic E-state index is 0.299. The molecule has 0 saturated carbocycles. The molecule has 20 heavy (non-hydrogen) atoms. The van der Waals surface area contributed by atoms with E-state index in [1.54, 1.807) is 0 Å². The number of piperidine rings is 1. The largest absolute Gasteiger partial charge is 0.300 e. The predicted octanol–water partition coefficient (Wildman–Crippen LogP) is 4.22. The summed E-state index contributed by atoms with van der Waals surface area (Å²) in [6, 6.07) is 8.67. The maximum atomic E-state index is 12.2. The third kappa shape index (κ3) is 3.92. The summed E-state index contributed by atoms with van der Waals surface area (Å²) in [5, 5.41) is 0. The number of nitrogens with zero attached hydrogens (tertiary/aromatic N) is 1. The second-order valence-corrected chi connectivity index (χ2v) is 5.94. The summed E-state index contributed by atoms with van der Waals surface area (Å²) in [7, 11) is 0. The lowest BCUT2D eigenvalue weighted by atomic mass is 9.98. The van der Waals surface area contributed by atoms with E-state index >= 15 is 0 Å². The van der Waals surface area contributed by atoms with Crippen LogP contribution in [-0.2, 0) is 0 Å². The van der Waals surface area contributed by atoms with E-state index in [1.165, 1.54) is 32.2 Å². The first-order chi connectivity index (χ1) is 9.72. The van der Waals surface area contributed by atoms with Crippen LogP contribution in [0.1, 0.15) is 61.4 Å². The molecular weight excluding hydrogens is 246 g/mol. The Labute approximate surface area is 123 Å². The van der Waals surface area contributed by atoms with Crippen LogP contribution in [0.25, 0.3) is 0 Å². The lowest BCUT2D eigenvalue weighted by Crippen LogP contribution is -2.39. The van der Waals surface area contributed by atoms with Crippen LogP contribution in [0, 0.1) is 6.92 Å². The zero-order valence-electron chi connectivity index (χ0n) is 12.9. The Morgan fingerprint density at radius 2 is 2.10 bits per heavy atom. The maximum absolute atomic E-state index is 12.2. The van der Waals surface area contributed by atoms with Gasteiger partial charge in [0.25, 0.3) is 0 Å². The molecule has 1 aliphatic rings. The second kappa shape index (κ2) is 7.58. The molecule has 0 aromatic heterocycles. The van der Waals surface area contributed by atoms with Gasteiger partial charge in [0, 0.05) is 18.0 Å². The van der Waals surface area contributed by atoms with E-state index in [0.29, 0.717) is 12.2 Å². The number of hydrogen-bond acceptors (Lipinski definition) is 2. The quantitative estimate of drug-likeness (QED) is 0.723. The minimum Gasteiger partial charge on any atom is -0.300 e. The van der Waals surface area contributed by atoms with Crippen LogP contribution in [0.5, 0.6) is 0 Å². The molecule has 0 N–H and O–H groups in total. The van der Waals surface area contributed by atoms with Gasteiger partial charge < -0.3 is 4.90 Å². The monoisotopic (exact) mass is 273 g/mol. The molecule has 2 heteroatoms. The lowest BCUT2D eigenvalue weighted by Gasteiger charge is -2.35. The molecule has 0 amide bonds. The number of likely N-dealkylation sites (tertiary alicyclic amines) is 1. The first-order valence-corrected chi connectivity index (χ1v) is 8.05. The van der Waals surface area contributed by atoms with Gasteiger partial charge in [0.2, 0.25) is 0 Å². The van der Waals surface area contributed by atoms with Gasteiger partial charge in [0.15, 0.2) is 5.78 Å². The summed E-state index contributed by atoms with van der Waals surface area (Å²) in [6.45, 7) is 6.60. The number of Topliss-reactive ketones (excluding diaryl/α,β-unsaturated/α-hetero) is 1. The van der Waals surface area contributed by atoms with Gasteiger partial charge in [-0.15, -0.1) is 0 Å². The summed E-state index contributed by atoms with van der Waals surface area (Å²) in [4.78, 5) is 14.8. The molecule has 0 aliphatic carbocycles. The van der Waals surface area contributed by atoms with E-state index in [0.717, 1.165) is 30.1 Å². The number of aryl methyl sites for hydroxylation is 1. The Balaban J connectivity index is 1.80. The smallest absolute Gasteiger partial charge is 0.163 e. The van der Waals surface area contributed by atoms with Crippen molar-refractivity contribution in [2.45, 2.75) is 58.4 Å². The zero-order valence-corrected chi connectivity index (χ0v) is 12.9. The molecular formula is C18H27NO. The van der Waals surface area contributed by atoms with Gasteiger partial charge in [-0.1, -0.05) is 37.6 Å². The van der Waals surface area contributed by atoms with Crippen molar-refractivity contribution < 1.29 is 4.79 Å². The molecule has 0 bridgehead atoms. The van der Waals surface area contributed by atoms with Gasteiger partial charge in [-0.05, 0) is 51.3 Å². The molecule has 2 rings (SSSR count). The molecule has 110 valence electrons. The SMILES string of the molecule is CCC1CCCCN1CCCC(=O)c1ccccc1C. The topological polar surface area (TPSA) is 20.3 Å². The fourth-order valence-corrected chi connectivity index (χ4v) is 3.28. The Morgan fingerprint density at radius 3 is 2.85 bits per heavy atom. The molecule has 1 saturated heterocycles. The maximum Gasteiger partial charge on any atom is 0.163 e. The number of carbonyl (C=O) groups is 1. The van der Waals surface area contributed by atoms with Crippen molar-refractivity contribution in [3.05, 3.63) is 35.4 Å². The molecule has 0 radical (unpaired) electrons. The van der Waals surface area contributed by atoms with Crippen LogP contribution in [0.4, 0.5) is 0 Å². The van der Waals surface area contributed by atoms with Gasteiger partial charge >= 0.3 is 0 Å². The molecule has 1 aromatic rings. The number of ketones is 1. The summed E-state index contributed by atoms with van der Waals surface area (Å²) < 4.78 is 0. The fraction of sp³-hybridized carbons (Fsp3) is 0.611. The van der Waals surface area contributed by atoms with Crippen molar-refractivity contribution in [1.29, 1.82) is 0 Å². The van der Waals surface area contributed by atoms with E-state index in [9.17, 15) is 4.79 Å². The summed E-state index contributed by atoms with van der Waals surface area (Å²) >= 11 is 0. The Hall–Kier alpha value is -1.15. The van der Waals surface area contributed by atoms with Crippen LogP contribution >= 0.6 is 0 Å². The van der Waals surface area contributed by atoms with Gasteiger partial charge in [0.05, 0.1) is 0 Å². The first kappa shape index (κ1) is 15.2. The highest BCUT2D eigenvalue weighted by atomic mass is 16.1. The zero-order chi connectivity index (χ0) is 14.4. The number of carbonyl (C=O) groups excluding carboxylic acids is 1. The Morgan fingerprint density at radius 1 is 1.30 bits per heavy atom. The summed E-state index contributed by atoms with van der Waals surface area (Å²) in [5.41, 5.74) is 2.00. The van der Waals surface area contributed by atoms with E-state index in [4.69, 9.17) is 0 Å². The van der Waals surface area contributed by atoms with Gasteiger partial charge in [-0.25, -0.2) is 0 Å². The Bertz CT molecular complexity index is 441. The standard InChI is InChI=1S/C18H27NO/c1-3-16-10-6-7-13-19(16)14-8-12-18(20)17-11-5-4-9-15(17)2/h4-5,9,11,16H,3,6-8,10,12-14H2,1-2H3. The summed E-state index contributed by atoms with van der Waals surface area (Å²) in [5.74, 6) is 0.299. The molecule has 1 atom stereocenters. The highest BCUT2D eigenvalue weighted by Gasteiger charge is 2.20. The Kier molecular flexibility index (Phi) is 5.78. The van der Waals surface area contributed by atoms with Crippen LogP contribution in [0.3, 0.4) is 0 Å². The lowest BCUT2D eigenvalue weighted by molar-refractivity contribution is 0.0959. The van der Waals surface area contributed by atoms with E-state index in [1.807, 2.05) is 31.2 Å². The van der Waals surface area contributed by atoms with Crippen LogP contribution in [0.15, 0.2) is 24.3 Å². The van der Waals surface area contributed by atoms with E-state index in [2.05, 4.69) is 11.8 Å². The minimum absolute atomic E-state index is 0.299.